The van der Waals surface area contributed by atoms with Gasteiger partial charge in [0, 0.05) is 7.11 Å². The lowest BCUT2D eigenvalue weighted by Gasteiger charge is -2.22. The molecule has 5 nitrogen and oxygen atoms in total. The first-order valence-corrected chi connectivity index (χ1v) is 4.50. The van der Waals surface area contributed by atoms with Gasteiger partial charge in [0.2, 0.25) is 0 Å². The van der Waals surface area contributed by atoms with Crippen LogP contribution < -0.4 is 0 Å². The second-order valence-electron chi connectivity index (χ2n) is 3.23. The molecule has 1 aromatic heterocycles. The van der Waals surface area contributed by atoms with Crippen molar-refractivity contribution in [1.29, 1.82) is 5.26 Å². The number of aromatic nitrogens is 3. The smallest absolute Gasteiger partial charge is 0.182 e. The first kappa shape index (κ1) is 10.7. The molecule has 0 amide bonds. The molecule has 0 aliphatic heterocycles. The Kier molecular flexibility index (Phi) is 3.20. The van der Waals surface area contributed by atoms with Gasteiger partial charge in [-0.3, -0.25) is 5.10 Å². The van der Waals surface area contributed by atoms with Crippen molar-refractivity contribution in [2.45, 2.75) is 32.3 Å². The van der Waals surface area contributed by atoms with Crippen LogP contribution in [0.3, 0.4) is 0 Å². The molecule has 1 N–H and O–H groups in total. The molecule has 5 heteroatoms. The van der Waals surface area contributed by atoms with Crippen molar-refractivity contribution in [2.24, 2.45) is 0 Å². The van der Waals surface area contributed by atoms with Crippen LogP contribution in [-0.4, -0.2) is 22.3 Å². The van der Waals surface area contributed by atoms with Crippen molar-refractivity contribution < 1.29 is 4.74 Å². The summed E-state index contributed by atoms with van der Waals surface area (Å²) in [6, 6.07) is 2.01. The second-order valence-corrected chi connectivity index (χ2v) is 3.23. The minimum atomic E-state index is -0.468. The SMILES string of the molecule is CCC(C)(OC)c1n[nH]c(CC#N)n1. The van der Waals surface area contributed by atoms with Crippen LogP contribution in [0.15, 0.2) is 0 Å². The van der Waals surface area contributed by atoms with Crippen LogP contribution in [0.1, 0.15) is 31.9 Å². The Morgan fingerprint density at radius 1 is 1.64 bits per heavy atom. The molecule has 0 aliphatic rings. The summed E-state index contributed by atoms with van der Waals surface area (Å²) in [5.41, 5.74) is -0.468. The largest absolute Gasteiger partial charge is 0.370 e. The average molecular weight is 194 g/mol. The molecule has 0 radical (unpaired) electrons. The minimum absolute atomic E-state index is 0.247. The van der Waals surface area contributed by atoms with Crippen molar-refractivity contribution in [1.82, 2.24) is 15.2 Å². The van der Waals surface area contributed by atoms with Crippen LogP contribution in [0, 0.1) is 11.3 Å². The molecule has 1 rings (SSSR count). The van der Waals surface area contributed by atoms with Crippen molar-refractivity contribution in [2.75, 3.05) is 7.11 Å². The van der Waals surface area contributed by atoms with Crippen LogP contribution in [0.25, 0.3) is 0 Å². The summed E-state index contributed by atoms with van der Waals surface area (Å²) in [6.45, 7) is 3.93. The number of rotatable bonds is 4. The second kappa shape index (κ2) is 4.20. The average Bonchev–Trinajstić information content (AvgIpc) is 2.66. The van der Waals surface area contributed by atoms with E-state index in [4.69, 9.17) is 10.00 Å². The number of nitrogens with one attached hydrogen (secondary N) is 1. The molecule has 1 unspecified atom stereocenters. The van der Waals surface area contributed by atoms with Gasteiger partial charge in [-0.05, 0) is 13.3 Å². The summed E-state index contributed by atoms with van der Waals surface area (Å²) in [6.07, 6.45) is 1.03. The van der Waals surface area contributed by atoms with Crippen LogP contribution in [0.4, 0.5) is 0 Å². The van der Waals surface area contributed by atoms with E-state index in [9.17, 15) is 0 Å². The molecule has 0 aliphatic carbocycles. The van der Waals surface area contributed by atoms with Gasteiger partial charge in [-0.25, -0.2) is 4.98 Å². The lowest BCUT2D eigenvalue weighted by Crippen LogP contribution is -2.24. The molecule has 1 aromatic rings. The van der Waals surface area contributed by atoms with E-state index in [1.807, 2.05) is 19.9 Å². The van der Waals surface area contributed by atoms with Gasteiger partial charge in [-0.1, -0.05) is 6.92 Å². The number of hydrogen-bond acceptors (Lipinski definition) is 4. The first-order chi connectivity index (χ1) is 6.66. The predicted octanol–water partition coefficient (Wildman–Crippen LogP) is 1.14. The first-order valence-electron chi connectivity index (χ1n) is 4.50. The van der Waals surface area contributed by atoms with Crippen LogP contribution in [0.2, 0.25) is 0 Å². The maximum Gasteiger partial charge on any atom is 0.182 e. The highest BCUT2D eigenvalue weighted by Crippen LogP contribution is 2.24. The molecule has 0 aromatic carbocycles. The van der Waals surface area contributed by atoms with E-state index in [-0.39, 0.29) is 6.42 Å². The summed E-state index contributed by atoms with van der Waals surface area (Å²) >= 11 is 0. The molecule has 0 spiro atoms. The number of aromatic amines is 1. The highest BCUT2D eigenvalue weighted by molar-refractivity contribution is 5.03. The van der Waals surface area contributed by atoms with E-state index in [0.717, 1.165) is 6.42 Å². The monoisotopic (exact) mass is 194 g/mol. The summed E-state index contributed by atoms with van der Waals surface area (Å²) in [7, 11) is 1.63. The maximum atomic E-state index is 8.48. The topological polar surface area (TPSA) is 74.6 Å². The van der Waals surface area contributed by atoms with Crippen molar-refractivity contribution in [3.05, 3.63) is 11.6 Å². The zero-order valence-electron chi connectivity index (χ0n) is 8.66. The number of nitriles is 1. The lowest BCUT2D eigenvalue weighted by atomic mass is 10.0. The van der Waals surface area contributed by atoms with Gasteiger partial charge >= 0.3 is 0 Å². The zero-order chi connectivity index (χ0) is 10.6. The van der Waals surface area contributed by atoms with Gasteiger partial charge in [0.1, 0.15) is 11.4 Å². The fourth-order valence-electron chi connectivity index (χ4n) is 1.08. The Balaban J connectivity index is 2.90. The number of methoxy groups -OCH3 is 1. The Hall–Kier alpha value is -1.41. The number of ether oxygens (including phenoxy) is 1. The van der Waals surface area contributed by atoms with Gasteiger partial charge in [0.25, 0.3) is 0 Å². The van der Waals surface area contributed by atoms with Crippen LogP contribution >= 0.6 is 0 Å². The highest BCUT2D eigenvalue weighted by atomic mass is 16.5. The molecule has 1 atom stereocenters. The minimum Gasteiger partial charge on any atom is -0.370 e. The van der Waals surface area contributed by atoms with Gasteiger partial charge in [0.05, 0.1) is 12.5 Å². The Labute approximate surface area is 83.1 Å². The van der Waals surface area contributed by atoms with Crippen LogP contribution in [0.5, 0.6) is 0 Å². The van der Waals surface area contributed by atoms with E-state index < -0.39 is 5.60 Å². The predicted molar refractivity (Wildman–Crippen MR) is 50.4 cm³/mol. The molecule has 0 saturated heterocycles. The van der Waals surface area contributed by atoms with Gasteiger partial charge in [0.15, 0.2) is 5.82 Å². The molecule has 76 valence electrons. The third kappa shape index (κ3) is 1.91. The van der Waals surface area contributed by atoms with E-state index in [1.54, 1.807) is 7.11 Å². The molecular weight excluding hydrogens is 180 g/mol. The molecular formula is C9H14N4O. The molecule has 0 fully saturated rings. The van der Waals surface area contributed by atoms with Gasteiger partial charge < -0.3 is 4.74 Å². The maximum absolute atomic E-state index is 8.48. The van der Waals surface area contributed by atoms with Crippen molar-refractivity contribution in [3.8, 4) is 6.07 Å². The summed E-state index contributed by atoms with van der Waals surface area (Å²) < 4.78 is 5.34. The standard InChI is InChI=1S/C9H14N4O/c1-4-9(2,14-3)8-11-7(5-6-10)12-13-8/h4-5H2,1-3H3,(H,11,12,13). The van der Waals surface area contributed by atoms with Gasteiger partial charge in [-0.15, -0.1) is 0 Å². The lowest BCUT2D eigenvalue weighted by molar-refractivity contribution is -0.00871. The Morgan fingerprint density at radius 2 is 2.36 bits per heavy atom. The third-order valence-electron chi connectivity index (χ3n) is 2.38. The summed E-state index contributed by atoms with van der Waals surface area (Å²) in [4.78, 5) is 4.20. The zero-order valence-corrected chi connectivity index (χ0v) is 8.66. The molecule has 0 saturated carbocycles. The number of H-pyrrole nitrogens is 1. The van der Waals surface area contributed by atoms with E-state index in [0.29, 0.717) is 11.6 Å². The van der Waals surface area contributed by atoms with Crippen LogP contribution in [-0.2, 0) is 16.8 Å². The van der Waals surface area contributed by atoms with E-state index in [2.05, 4.69) is 15.2 Å². The third-order valence-corrected chi connectivity index (χ3v) is 2.38. The fraction of sp³-hybridized carbons (Fsp3) is 0.667. The normalized spacial score (nSPS) is 14.7. The molecule has 14 heavy (non-hydrogen) atoms. The van der Waals surface area contributed by atoms with Gasteiger partial charge in [-0.2, -0.15) is 10.4 Å². The van der Waals surface area contributed by atoms with Crippen molar-refractivity contribution in [3.63, 3.8) is 0 Å². The summed E-state index contributed by atoms with van der Waals surface area (Å²) in [5, 5.41) is 15.2. The van der Waals surface area contributed by atoms with E-state index >= 15 is 0 Å². The van der Waals surface area contributed by atoms with Crippen molar-refractivity contribution >= 4 is 0 Å². The Bertz CT molecular complexity index is 335. The molecule has 1 heterocycles. The quantitative estimate of drug-likeness (QED) is 0.780. The number of hydrogen-bond donors (Lipinski definition) is 1. The highest BCUT2D eigenvalue weighted by Gasteiger charge is 2.28. The fourth-order valence-corrected chi connectivity index (χ4v) is 1.08. The van der Waals surface area contributed by atoms with E-state index in [1.165, 1.54) is 0 Å². The molecule has 0 bridgehead atoms. The number of nitrogens with zero attached hydrogens (tertiary/aromatic N) is 3. The summed E-state index contributed by atoms with van der Waals surface area (Å²) in [5.74, 6) is 1.19. The Morgan fingerprint density at radius 3 is 2.86 bits per heavy atom.